The fourth-order valence-corrected chi connectivity index (χ4v) is 4.20. The number of halogens is 3. The van der Waals surface area contributed by atoms with E-state index in [1.807, 2.05) is 0 Å². The lowest BCUT2D eigenvalue weighted by molar-refractivity contribution is -0.201. The highest BCUT2D eigenvalue weighted by Crippen LogP contribution is 2.15. The Balaban J connectivity index is 0.00000261. The monoisotopic (exact) mass is 475 g/mol. The fourth-order valence-electron chi connectivity index (χ4n) is 4.20. The van der Waals surface area contributed by atoms with E-state index in [1.54, 1.807) is 5.06 Å². The first-order valence-electron chi connectivity index (χ1n) is 10.1. The van der Waals surface area contributed by atoms with Gasteiger partial charge in [0.25, 0.3) is 0 Å². The third-order valence-electron chi connectivity index (χ3n) is 5.76. The highest BCUT2D eigenvalue weighted by Gasteiger charge is 2.29. The molecule has 0 aromatic rings. The molecule has 2 N–H and O–H groups in total. The zero-order valence-corrected chi connectivity index (χ0v) is 19.4. The first-order chi connectivity index (χ1) is 12.8. The van der Waals surface area contributed by atoms with E-state index in [4.69, 9.17) is 4.84 Å². The molecule has 3 aliphatic heterocycles. The van der Waals surface area contributed by atoms with Gasteiger partial charge in [-0.15, -0.1) is 42.3 Å². The molecule has 172 valence electrons. The number of hydrogen-bond acceptors (Lipinski definition) is 7. The SMILES string of the molecule is Cl.Cl.Cl.O=CNC(CN1CCCCC1)C(=O)ON1CCN(C2CCNCC2)CC1. The number of hydrogen-bond donors (Lipinski definition) is 2. The number of piperazine rings is 1. The first kappa shape index (κ1) is 28.6. The van der Waals surface area contributed by atoms with Gasteiger partial charge in [0.15, 0.2) is 0 Å². The molecule has 0 saturated carbocycles. The number of likely N-dealkylation sites (tertiary alicyclic amines) is 1. The third kappa shape index (κ3) is 9.12. The second-order valence-electron chi connectivity index (χ2n) is 7.55. The summed E-state index contributed by atoms with van der Waals surface area (Å²) in [6.07, 6.45) is 6.55. The number of carbonyl (C=O) groups is 2. The molecule has 8 nitrogen and oxygen atoms in total. The van der Waals surface area contributed by atoms with Crippen LogP contribution in [0.5, 0.6) is 0 Å². The summed E-state index contributed by atoms with van der Waals surface area (Å²) in [6, 6.07) is 0.0609. The van der Waals surface area contributed by atoms with E-state index in [0.717, 1.165) is 65.2 Å². The van der Waals surface area contributed by atoms with E-state index in [0.29, 0.717) is 19.0 Å². The van der Waals surface area contributed by atoms with Crippen molar-refractivity contribution in [3.63, 3.8) is 0 Å². The van der Waals surface area contributed by atoms with Crippen LogP contribution in [0.25, 0.3) is 0 Å². The number of hydroxylamine groups is 2. The molecule has 3 saturated heterocycles. The van der Waals surface area contributed by atoms with Crippen LogP contribution in [0.15, 0.2) is 0 Å². The minimum Gasteiger partial charge on any atom is -0.366 e. The Bertz CT molecular complexity index is 458. The Morgan fingerprint density at radius 1 is 1.00 bits per heavy atom. The lowest BCUT2D eigenvalue weighted by atomic mass is 10.0. The van der Waals surface area contributed by atoms with E-state index in [1.165, 1.54) is 19.3 Å². The van der Waals surface area contributed by atoms with Gasteiger partial charge < -0.3 is 20.4 Å². The summed E-state index contributed by atoms with van der Waals surface area (Å²) >= 11 is 0. The van der Waals surface area contributed by atoms with Gasteiger partial charge in [0, 0.05) is 38.8 Å². The highest BCUT2D eigenvalue weighted by molar-refractivity contribution is 5.86. The van der Waals surface area contributed by atoms with Crippen molar-refractivity contribution < 1.29 is 14.4 Å². The molecule has 1 unspecified atom stereocenters. The van der Waals surface area contributed by atoms with Crippen LogP contribution < -0.4 is 10.6 Å². The van der Waals surface area contributed by atoms with Gasteiger partial charge in [-0.1, -0.05) is 6.42 Å². The van der Waals surface area contributed by atoms with Crippen LogP contribution in [0, 0.1) is 0 Å². The van der Waals surface area contributed by atoms with E-state index in [9.17, 15) is 9.59 Å². The second kappa shape index (κ2) is 15.5. The van der Waals surface area contributed by atoms with Crippen LogP contribution in [0.3, 0.4) is 0 Å². The largest absolute Gasteiger partial charge is 0.366 e. The molecule has 0 aromatic heterocycles. The van der Waals surface area contributed by atoms with Crippen molar-refractivity contribution in [1.29, 1.82) is 0 Å². The van der Waals surface area contributed by atoms with E-state index in [2.05, 4.69) is 20.4 Å². The van der Waals surface area contributed by atoms with Crippen molar-refractivity contribution >= 4 is 49.6 Å². The Morgan fingerprint density at radius 2 is 1.62 bits per heavy atom. The maximum atomic E-state index is 12.5. The normalized spacial score (nSPS) is 22.9. The van der Waals surface area contributed by atoms with Crippen molar-refractivity contribution in [1.82, 2.24) is 25.5 Å². The smallest absolute Gasteiger partial charge is 0.348 e. The maximum Gasteiger partial charge on any atom is 0.348 e. The quantitative estimate of drug-likeness (QED) is 0.523. The summed E-state index contributed by atoms with van der Waals surface area (Å²) in [5.41, 5.74) is 0. The van der Waals surface area contributed by atoms with E-state index < -0.39 is 6.04 Å². The fraction of sp³-hybridized carbons (Fsp3) is 0.889. The molecule has 3 fully saturated rings. The number of carbonyl (C=O) groups excluding carboxylic acids is 2. The lowest BCUT2D eigenvalue weighted by Crippen LogP contribution is -2.54. The van der Waals surface area contributed by atoms with Crippen molar-refractivity contribution in [3.8, 4) is 0 Å². The van der Waals surface area contributed by atoms with Crippen molar-refractivity contribution in [3.05, 3.63) is 0 Å². The number of rotatable bonds is 7. The van der Waals surface area contributed by atoms with E-state index >= 15 is 0 Å². The van der Waals surface area contributed by atoms with Crippen LogP contribution in [0.4, 0.5) is 0 Å². The minimum atomic E-state index is -0.590. The van der Waals surface area contributed by atoms with Gasteiger partial charge in [-0.25, -0.2) is 4.79 Å². The summed E-state index contributed by atoms with van der Waals surface area (Å²) in [4.78, 5) is 33.8. The Kier molecular flexibility index (Phi) is 15.3. The highest BCUT2D eigenvalue weighted by atomic mass is 35.5. The average molecular weight is 477 g/mol. The number of nitrogens with one attached hydrogen (secondary N) is 2. The molecule has 29 heavy (non-hydrogen) atoms. The maximum absolute atomic E-state index is 12.5. The number of amides is 1. The van der Waals surface area contributed by atoms with Gasteiger partial charge >= 0.3 is 5.97 Å². The molecule has 3 rings (SSSR count). The molecule has 0 aromatic carbocycles. The van der Waals surface area contributed by atoms with Gasteiger partial charge in [-0.2, -0.15) is 0 Å². The van der Waals surface area contributed by atoms with Crippen LogP contribution in [-0.2, 0) is 14.4 Å². The van der Waals surface area contributed by atoms with E-state index in [-0.39, 0.29) is 43.2 Å². The standard InChI is InChI=1S/C18H33N5O3.3ClH/c24-15-20-17(14-21-8-2-1-3-9-21)18(25)26-23-12-10-22(11-13-23)16-4-6-19-7-5-16;;;/h15-17,19H,1-14H2,(H,20,24);3*1H. The molecular formula is C18H36Cl3N5O3. The van der Waals surface area contributed by atoms with Crippen molar-refractivity contribution in [2.24, 2.45) is 0 Å². The number of nitrogens with zero attached hydrogens (tertiary/aromatic N) is 3. The Labute approximate surface area is 192 Å². The summed E-state index contributed by atoms with van der Waals surface area (Å²) in [7, 11) is 0. The summed E-state index contributed by atoms with van der Waals surface area (Å²) in [5.74, 6) is -0.349. The molecule has 1 atom stereocenters. The van der Waals surface area contributed by atoms with Crippen LogP contribution in [0.2, 0.25) is 0 Å². The molecule has 3 aliphatic rings. The summed E-state index contributed by atoms with van der Waals surface area (Å²) in [6.45, 7) is 8.00. The molecular weight excluding hydrogens is 441 g/mol. The van der Waals surface area contributed by atoms with Crippen LogP contribution >= 0.6 is 37.2 Å². The predicted molar refractivity (Wildman–Crippen MR) is 120 cm³/mol. The molecule has 0 spiro atoms. The third-order valence-corrected chi connectivity index (χ3v) is 5.76. The minimum absolute atomic E-state index is 0. The molecule has 0 aliphatic carbocycles. The van der Waals surface area contributed by atoms with Gasteiger partial charge in [-0.05, 0) is 51.9 Å². The average Bonchev–Trinajstić information content (AvgIpc) is 2.70. The molecule has 0 bridgehead atoms. The van der Waals surface area contributed by atoms with Gasteiger partial charge in [0.1, 0.15) is 6.04 Å². The summed E-state index contributed by atoms with van der Waals surface area (Å²) < 4.78 is 0. The van der Waals surface area contributed by atoms with Crippen LogP contribution in [-0.4, -0.2) is 98.2 Å². The molecule has 3 heterocycles. The zero-order valence-electron chi connectivity index (χ0n) is 16.9. The topological polar surface area (TPSA) is 77.2 Å². The van der Waals surface area contributed by atoms with Gasteiger partial charge in [0.05, 0.1) is 0 Å². The summed E-state index contributed by atoms with van der Waals surface area (Å²) in [5, 5.41) is 7.80. The van der Waals surface area contributed by atoms with Crippen molar-refractivity contribution in [2.75, 3.05) is 58.9 Å². The predicted octanol–water partition coefficient (Wildman–Crippen LogP) is 0.680. The second-order valence-corrected chi connectivity index (χ2v) is 7.55. The Morgan fingerprint density at radius 3 is 2.21 bits per heavy atom. The number of piperidine rings is 2. The van der Waals surface area contributed by atoms with Crippen LogP contribution in [0.1, 0.15) is 32.1 Å². The lowest BCUT2D eigenvalue weighted by Gasteiger charge is -2.40. The zero-order chi connectivity index (χ0) is 18.2. The molecule has 11 heteroatoms. The molecule has 0 radical (unpaired) electrons. The van der Waals surface area contributed by atoms with Gasteiger partial charge in [-0.3, -0.25) is 9.69 Å². The Hall–Kier alpha value is -0.350. The van der Waals surface area contributed by atoms with Gasteiger partial charge in [0.2, 0.25) is 6.41 Å². The van der Waals surface area contributed by atoms with Crippen molar-refractivity contribution in [2.45, 2.75) is 44.2 Å². The molecule has 1 amide bonds. The first-order valence-corrected chi connectivity index (χ1v) is 10.1.